The van der Waals surface area contributed by atoms with Gasteiger partial charge in [-0.25, -0.2) is 0 Å². The summed E-state index contributed by atoms with van der Waals surface area (Å²) < 4.78 is 10.6. The molecule has 1 aliphatic rings. The zero-order chi connectivity index (χ0) is 16.8. The topological polar surface area (TPSA) is 21.7 Å². The minimum atomic E-state index is 0.321. The van der Waals surface area contributed by atoms with E-state index in [0.717, 1.165) is 19.5 Å². The summed E-state index contributed by atoms with van der Waals surface area (Å²) in [6.07, 6.45) is 1.06. The zero-order valence-electron chi connectivity index (χ0n) is 14.5. The van der Waals surface area contributed by atoms with Crippen molar-refractivity contribution < 1.29 is 9.47 Å². The number of likely N-dealkylation sites (N-methyl/N-ethyl adjacent to an activating group) is 1. The number of rotatable bonds is 6. The van der Waals surface area contributed by atoms with Crippen LogP contribution in [0.1, 0.15) is 23.1 Å². The van der Waals surface area contributed by atoms with E-state index < -0.39 is 0 Å². The zero-order valence-corrected chi connectivity index (χ0v) is 14.5. The molecule has 0 spiro atoms. The Morgan fingerprint density at radius 1 is 0.958 bits per heavy atom. The average Bonchev–Trinajstić information content (AvgIpc) is 2.63. The fraction of sp³-hybridized carbons (Fsp3) is 0.333. The van der Waals surface area contributed by atoms with E-state index in [1.807, 2.05) is 0 Å². The molecule has 0 saturated carbocycles. The lowest BCUT2D eigenvalue weighted by molar-refractivity contribution is -0.0391. The molecule has 2 aromatic rings. The molecule has 0 saturated heterocycles. The summed E-state index contributed by atoms with van der Waals surface area (Å²) in [5.41, 5.74) is 6.70. The lowest BCUT2D eigenvalue weighted by Crippen LogP contribution is -2.27. The molecule has 0 N–H and O–H groups in total. The maximum atomic E-state index is 5.61. The Morgan fingerprint density at radius 3 is 2.50 bits per heavy atom. The Labute approximate surface area is 144 Å². The molecular formula is C21H25NO2. The van der Waals surface area contributed by atoms with E-state index in [2.05, 4.69) is 66.5 Å². The molecule has 126 valence electrons. The summed E-state index contributed by atoms with van der Waals surface area (Å²) in [6, 6.07) is 19.3. The number of hydrogen-bond acceptors (Lipinski definition) is 3. The van der Waals surface area contributed by atoms with Gasteiger partial charge in [0.15, 0.2) is 0 Å². The summed E-state index contributed by atoms with van der Waals surface area (Å²) in [5, 5.41) is 0. The minimum absolute atomic E-state index is 0.321. The van der Waals surface area contributed by atoms with Gasteiger partial charge < -0.3 is 14.4 Å². The molecule has 3 nitrogen and oxygen atoms in total. The van der Waals surface area contributed by atoms with Crippen molar-refractivity contribution in [2.45, 2.75) is 13.0 Å². The van der Waals surface area contributed by atoms with Crippen LogP contribution >= 0.6 is 0 Å². The second kappa shape index (κ2) is 8.25. The molecule has 0 atom stereocenters. The lowest BCUT2D eigenvalue weighted by atomic mass is 9.87. The van der Waals surface area contributed by atoms with E-state index in [9.17, 15) is 0 Å². The highest BCUT2D eigenvalue weighted by Crippen LogP contribution is 2.34. The number of hydrogen-bond donors (Lipinski definition) is 0. The van der Waals surface area contributed by atoms with E-state index in [-0.39, 0.29) is 0 Å². The first-order valence-corrected chi connectivity index (χ1v) is 8.40. The first-order valence-electron chi connectivity index (χ1n) is 8.40. The molecule has 1 aliphatic heterocycles. The summed E-state index contributed by atoms with van der Waals surface area (Å²) in [6.45, 7) is 2.96. The molecule has 0 aromatic heterocycles. The van der Waals surface area contributed by atoms with Crippen molar-refractivity contribution in [1.82, 2.24) is 4.90 Å². The first-order chi connectivity index (χ1) is 11.8. The molecule has 0 bridgehead atoms. The van der Waals surface area contributed by atoms with Gasteiger partial charge in [0.2, 0.25) is 0 Å². The monoisotopic (exact) mass is 323 g/mol. The largest absolute Gasteiger partial charge is 0.359 e. The highest BCUT2D eigenvalue weighted by atomic mass is 16.7. The standard InChI is InChI=1S/C21H25NO2/c1-22-13-12-20(21(14-22)17-8-4-3-5-9-17)19-11-7-6-10-18(19)15-24-16-23-2/h3-11H,12-16H2,1-2H3. The molecule has 0 radical (unpaired) electrons. The summed E-state index contributed by atoms with van der Waals surface area (Å²) >= 11 is 0. The average molecular weight is 323 g/mol. The van der Waals surface area contributed by atoms with Crippen LogP contribution in [0.25, 0.3) is 11.1 Å². The van der Waals surface area contributed by atoms with Crippen LogP contribution in [0.4, 0.5) is 0 Å². The van der Waals surface area contributed by atoms with Gasteiger partial charge in [0, 0.05) is 20.2 Å². The predicted octanol–water partition coefficient (Wildman–Crippen LogP) is 4.05. The molecule has 0 aliphatic carbocycles. The molecule has 0 fully saturated rings. The maximum Gasteiger partial charge on any atom is 0.146 e. The van der Waals surface area contributed by atoms with E-state index >= 15 is 0 Å². The van der Waals surface area contributed by atoms with Crippen LogP contribution in [0.5, 0.6) is 0 Å². The Bertz CT molecular complexity index is 694. The van der Waals surface area contributed by atoms with Gasteiger partial charge in [0.25, 0.3) is 0 Å². The summed E-state index contributed by atoms with van der Waals surface area (Å²) in [7, 11) is 3.84. The smallest absolute Gasteiger partial charge is 0.146 e. The molecule has 24 heavy (non-hydrogen) atoms. The van der Waals surface area contributed by atoms with Crippen molar-refractivity contribution in [3.05, 3.63) is 71.3 Å². The first kappa shape index (κ1) is 16.9. The van der Waals surface area contributed by atoms with Gasteiger partial charge in [-0.15, -0.1) is 0 Å². The van der Waals surface area contributed by atoms with Crippen LogP contribution in [0.3, 0.4) is 0 Å². The quantitative estimate of drug-likeness (QED) is 0.591. The third kappa shape index (κ3) is 3.93. The number of methoxy groups -OCH3 is 1. The van der Waals surface area contributed by atoms with Gasteiger partial charge in [-0.2, -0.15) is 0 Å². The Kier molecular flexibility index (Phi) is 5.81. The van der Waals surface area contributed by atoms with Crippen LogP contribution in [0, 0.1) is 0 Å². The fourth-order valence-electron chi connectivity index (χ4n) is 3.28. The van der Waals surface area contributed by atoms with E-state index in [1.165, 1.54) is 27.8 Å². The fourth-order valence-corrected chi connectivity index (χ4v) is 3.28. The predicted molar refractivity (Wildman–Crippen MR) is 98.5 cm³/mol. The van der Waals surface area contributed by atoms with Crippen molar-refractivity contribution in [1.29, 1.82) is 0 Å². The highest BCUT2D eigenvalue weighted by Gasteiger charge is 2.20. The molecule has 0 unspecified atom stereocenters. The van der Waals surface area contributed by atoms with Gasteiger partial charge in [-0.1, -0.05) is 54.6 Å². The Morgan fingerprint density at radius 2 is 1.71 bits per heavy atom. The van der Waals surface area contributed by atoms with Crippen LogP contribution in [-0.4, -0.2) is 38.9 Å². The Hall–Kier alpha value is -1.94. The van der Waals surface area contributed by atoms with E-state index in [1.54, 1.807) is 7.11 Å². The molecular weight excluding hydrogens is 298 g/mol. The molecule has 3 rings (SSSR count). The third-order valence-corrected chi connectivity index (χ3v) is 4.46. The van der Waals surface area contributed by atoms with Crippen LogP contribution < -0.4 is 0 Å². The van der Waals surface area contributed by atoms with Gasteiger partial charge in [-0.05, 0) is 41.3 Å². The van der Waals surface area contributed by atoms with Gasteiger partial charge in [-0.3, -0.25) is 0 Å². The van der Waals surface area contributed by atoms with Crippen LogP contribution in [0.2, 0.25) is 0 Å². The summed E-state index contributed by atoms with van der Waals surface area (Å²) in [5.74, 6) is 0. The second-order valence-electron chi connectivity index (χ2n) is 6.22. The van der Waals surface area contributed by atoms with Crippen molar-refractivity contribution in [2.24, 2.45) is 0 Å². The SMILES string of the molecule is COCOCc1ccccc1C1=C(c2ccccc2)CN(C)CC1. The minimum Gasteiger partial charge on any atom is -0.359 e. The van der Waals surface area contributed by atoms with E-state index in [0.29, 0.717) is 13.4 Å². The highest BCUT2D eigenvalue weighted by molar-refractivity contribution is 5.93. The van der Waals surface area contributed by atoms with Crippen LogP contribution in [-0.2, 0) is 16.1 Å². The normalized spacial score (nSPS) is 15.8. The third-order valence-electron chi connectivity index (χ3n) is 4.46. The van der Waals surface area contributed by atoms with Crippen molar-refractivity contribution in [2.75, 3.05) is 34.0 Å². The van der Waals surface area contributed by atoms with E-state index in [4.69, 9.17) is 9.47 Å². The van der Waals surface area contributed by atoms with Gasteiger partial charge in [0.1, 0.15) is 6.79 Å². The lowest BCUT2D eigenvalue weighted by Gasteiger charge is -2.29. The van der Waals surface area contributed by atoms with Gasteiger partial charge in [0.05, 0.1) is 6.61 Å². The Balaban J connectivity index is 2.01. The number of benzene rings is 2. The summed E-state index contributed by atoms with van der Waals surface area (Å²) in [4.78, 5) is 2.38. The van der Waals surface area contributed by atoms with Crippen molar-refractivity contribution >= 4 is 11.1 Å². The molecule has 3 heteroatoms. The number of ether oxygens (including phenoxy) is 2. The van der Waals surface area contributed by atoms with Crippen LogP contribution in [0.15, 0.2) is 54.6 Å². The second-order valence-corrected chi connectivity index (χ2v) is 6.22. The van der Waals surface area contributed by atoms with Crippen molar-refractivity contribution in [3.8, 4) is 0 Å². The molecule has 0 amide bonds. The van der Waals surface area contributed by atoms with Crippen molar-refractivity contribution in [3.63, 3.8) is 0 Å². The van der Waals surface area contributed by atoms with Gasteiger partial charge >= 0.3 is 0 Å². The number of nitrogens with zero attached hydrogens (tertiary/aromatic N) is 1. The molecule has 2 aromatic carbocycles. The maximum absolute atomic E-state index is 5.61. The molecule has 1 heterocycles.